The maximum Gasteiger partial charge on any atom is 0.184 e. The van der Waals surface area contributed by atoms with Gasteiger partial charge in [0.1, 0.15) is 5.75 Å². The first-order valence-electron chi connectivity index (χ1n) is 5.76. The SMILES string of the molecule is COc1ccc(C2OCC(C)C(CO)O2)cc1. The second kappa shape index (κ2) is 5.49. The molecule has 17 heavy (non-hydrogen) atoms. The van der Waals surface area contributed by atoms with Crippen LogP contribution in [0.2, 0.25) is 0 Å². The van der Waals surface area contributed by atoms with Gasteiger partial charge in [0.25, 0.3) is 0 Å². The van der Waals surface area contributed by atoms with Crippen molar-refractivity contribution < 1.29 is 19.3 Å². The smallest absolute Gasteiger partial charge is 0.184 e. The fraction of sp³-hybridized carbons (Fsp3) is 0.538. The van der Waals surface area contributed by atoms with Crippen molar-refractivity contribution >= 4 is 0 Å². The first-order chi connectivity index (χ1) is 8.24. The maximum atomic E-state index is 9.21. The van der Waals surface area contributed by atoms with Gasteiger partial charge in [0.05, 0.1) is 26.4 Å². The van der Waals surface area contributed by atoms with E-state index in [9.17, 15) is 5.11 Å². The largest absolute Gasteiger partial charge is 0.497 e. The van der Waals surface area contributed by atoms with E-state index in [0.717, 1.165) is 11.3 Å². The highest BCUT2D eigenvalue weighted by molar-refractivity contribution is 5.27. The molecule has 3 atom stereocenters. The fourth-order valence-electron chi connectivity index (χ4n) is 1.84. The van der Waals surface area contributed by atoms with Gasteiger partial charge in [-0.3, -0.25) is 0 Å². The topological polar surface area (TPSA) is 47.9 Å². The predicted molar refractivity (Wildman–Crippen MR) is 62.8 cm³/mol. The molecule has 1 aliphatic rings. The summed E-state index contributed by atoms with van der Waals surface area (Å²) >= 11 is 0. The third-order valence-corrected chi connectivity index (χ3v) is 3.01. The Labute approximate surface area is 101 Å². The molecule has 1 aromatic carbocycles. The Morgan fingerprint density at radius 1 is 1.35 bits per heavy atom. The summed E-state index contributed by atoms with van der Waals surface area (Å²) in [5.74, 6) is 1.02. The van der Waals surface area contributed by atoms with Crippen molar-refractivity contribution in [1.29, 1.82) is 0 Å². The van der Waals surface area contributed by atoms with E-state index in [-0.39, 0.29) is 18.6 Å². The molecule has 1 heterocycles. The first kappa shape index (κ1) is 12.4. The molecule has 94 valence electrons. The van der Waals surface area contributed by atoms with E-state index in [1.807, 2.05) is 31.2 Å². The van der Waals surface area contributed by atoms with Crippen LogP contribution in [0.25, 0.3) is 0 Å². The highest BCUT2D eigenvalue weighted by atomic mass is 16.7. The lowest BCUT2D eigenvalue weighted by Gasteiger charge is -2.34. The van der Waals surface area contributed by atoms with Gasteiger partial charge < -0.3 is 19.3 Å². The molecule has 0 bridgehead atoms. The molecule has 2 rings (SSSR count). The molecule has 3 unspecified atom stereocenters. The van der Waals surface area contributed by atoms with Crippen molar-refractivity contribution in [1.82, 2.24) is 0 Å². The van der Waals surface area contributed by atoms with Crippen molar-refractivity contribution in [3.05, 3.63) is 29.8 Å². The number of ether oxygens (including phenoxy) is 3. The van der Waals surface area contributed by atoms with Crippen molar-refractivity contribution in [2.45, 2.75) is 19.3 Å². The summed E-state index contributed by atoms with van der Waals surface area (Å²) in [5.41, 5.74) is 0.941. The van der Waals surface area contributed by atoms with Crippen LogP contribution in [0.3, 0.4) is 0 Å². The lowest BCUT2D eigenvalue weighted by Crippen LogP contribution is -2.36. The van der Waals surface area contributed by atoms with Crippen LogP contribution in [0, 0.1) is 5.92 Å². The van der Waals surface area contributed by atoms with Crippen LogP contribution < -0.4 is 4.74 Å². The Morgan fingerprint density at radius 3 is 2.65 bits per heavy atom. The zero-order valence-corrected chi connectivity index (χ0v) is 10.1. The summed E-state index contributed by atoms with van der Waals surface area (Å²) < 4.78 is 16.4. The number of rotatable bonds is 3. The van der Waals surface area contributed by atoms with Gasteiger partial charge >= 0.3 is 0 Å². The molecule has 1 saturated heterocycles. The zero-order chi connectivity index (χ0) is 12.3. The number of hydrogen-bond acceptors (Lipinski definition) is 4. The Balaban J connectivity index is 2.06. The van der Waals surface area contributed by atoms with Gasteiger partial charge in [0.15, 0.2) is 6.29 Å². The summed E-state index contributed by atoms with van der Waals surface area (Å²) in [6.45, 7) is 2.63. The zero-order valence-electron chi connectivity index (χ0n) is 10.1. The third-order valence-electron chi connectivity index (χ3n) is 3.01. The predicted octanol–water partition coefficient (Wildman–Crippen LogP) is 1.74. The van der Waals surface area contributed by atoms with Crippen molar-refractivity contribution in [2.75, 3.05) is 20.3 Å². The summed E-state index contributed by atoms with van der Waals surface area (Å²) in [7, 11) is 1.63. The maximum absolute atomic E-state index is 9.21. The number of hydrogen-bond donors (Lipinski definition) is 1. The molecule has 1 N–H and O–H groups in total. The Hall–Kier alpha value is -1.10. The Bertz CT molecular complexity index is 349. The van der Waals surface area contributed by atoms with E-state index in [2.05, 4.69) is 0 Å². The molecule has 4 heteroatoms. The van der Waals surface area contributed by atoms with Crippen molar-refractivity contribution in [3.63, 3.8) is 0 Å². The lowest BCUT2D eigenvalue weighted by atomic mass is 10.0. The van der Waals surface area contributed by atoms with Crippen LogP contribution in [0.1, 0.15) is 18.8 Å². The van der Waals surface area contributed by atoms with Crippen LogP contribution in [0.4, 0.5) is 0 Å². The second-order valence-corrected chi connectivity index (χ2v) is 4.27. The number of aliphatic hydroxyl groups is 1. The number of aliphatic hydroxyl groups excluding tert-OH is 1. The van der Waals surface area contributed by atoms with Crippen molar-refractivity contribution in [2.24, 2.45) is 5.92 Å². The quantitative estimate of drug-likeness (QED) is 0.871. The summed E-state index contributed by atoms with van der Waals surface area (Å²) in [4.78, 5) is 0. The standard InChI is InChI=1S/C13H18O4/c1-9-8-16-13(17-12(9)7-14)10-3-5-11(15-2)6-4-10/h3-6,9,12-14H,7-8H2,1-2H3. The Kier molecular flexibility index (Phi) is 3.99. The highest BCUT2D eigenvalue weighted by Crippen LogP contribution is 2.29. The minimum absolute atomic E-state index is 0.0250. The average Bonchev–Trinajstić information content (AvgIpc) is 2.39. The molecule has 0 aromatic heterocycles. The third kappa shape index (κ3) is 2.77. The van der Waals surface area contributed by atoms with E-state index in [4.69, 9.17) is 14.2 Å². The molecule has 0 aliphatic carbocycles. The molecule has 0 spiro atoms. The van der Waals surface area contributed by atoms with E-state index in [1.165, 1.54) is 0 Å². The number of methoxy groups -OCH3 is 1. The first-order valence-corrected chi connectivity index (χ1v) is 5.76. The average molecular weight is 238 g/mol. The molecule has 1 aliphatic heterocycles. The lowest BCUT2D eigenvalue weighted by molar-refractivity contribution is -0.245. The fourth-order valence-corrected chi connectivity index (χ4v) is 1.84. The van der Waals surface area contributed by atoms with Gasteiger partial charge in [0.2, 0.25) is 0 Å². The van der Waals surface area contributed by atoms with E-state index >= 15 is 0 Å². The molecule has 1 fully saturated rings. The summed E-state index contributed by atoms with van der Waals surface area (Å²) in [6.07, 6.45) is -0.551. The van der Waals surface area contributed by atoms with Crippen LogP contribution >= 0.6 is 0 Å². The van der Waals surface area contributed by atoms with Crippen LogP contribution in [-0.2, 0) is 9.47 Å². The van der Waals surface area contributed by atoms with Gasteiger partial charge in [-0.15, -0.1) is 0 Å². The molecular weight excluding hydrogens is 220 g/mol. The molecular formula is C13H18O4. The molecule has 0 saturated carbocycles. The molecule has 0 radical (unpaired) electrons. The van der Waals surface area contributed by atoms with Crippen LogP contribution in [0.5, 0.6) is 5.75 Å². The Morgan fingerprint density at radius 2 is 2.06 bits per heavy atom. The minimum atomic E-state index is -0.394. The van der Waals surface area contributed by atoms with Gasteiger partial charge in [-0.1, -0.05) is 19.1 Å². The monoisotopic (exact) mass is 238 g/mol. The normalized spacial score (nSPS) is 29.0. The highest BCUT2D eigenvalue weighted by Gasteiger charge is 2.29. The number of benzene rings is 1. The van der Waals surface area contributed by atoms with Gasteiger partial charge in [-0.25, -0.2) is 0 Å². The molecule has 0 amide bonds. The molecule has 1 aromatic rings. The molecule has 4 nitrogen and oxygen atoms in total. The minimum Gasteiger partial charge on any atom is -0.497 e. The van der Waals surface area contributed by atoms with Crippen LogP contribution in [-0.4, -0.2) is 31.5 Å². The second-order valence-electron chi connectivity index (χ2n) is 4.27. The van der Waals surface area contributed by atoms with Crippen LogP contribution in [0.15, 0.2) is 24.3 Å². The summed E-state index contributed by atoms with van der Waals surface area (Å²) in [6, 6.07) is 7.56. The van der Waals surface area contributed by atoms with Crippen molar-refractivity contribution in [3.8, 4) is 5.75 Å². The summed E-state index contributed by atoms with van der Waals surface area (Å²) in [5, 5.41) is 9.21. The van der Waals surface area contributed by atoms with Gasteiger partial charge in [0, 0.05) is 11.5 Å². The van der Waals surface area contributed by atoms with Gasteiger partial charge in [-0.05, 0) is 12.1 Å². The van der Waals surface area contributed by atoms with E-state index in [0.29, 0.717) is 6.61 Å². The van der Waals surface area contributed by atoms with Gasteiger partial charge in [-0.2, -0.15) is 0 Å². The van der Waals surface area contributed by atoms with E-state index in [1.54, 1.807) is 7.11 Å². The van der Waals surface area contributed by atoms with E-state index < -0.39 is 6.29 Å².